The molecule has 0 bridgehead atoms. The van der Waals surface area contributed by atoms with Gasteiger partial charge in [0.05, 0.1) is 24.5 Å². The van der Waals surface area contributed by atoms with Crippen LogP contribution in [0.15, 0.2) is 78.0 Å². The van der Waals surface area contributed by atoms with Crippen LogP contribution in [0.5, 0.6) is 11.5 Å². The van der Waals surface area contributed by atoms with Gasteiger partial charge in [-0.25, -0.2) is 9.69 Å². The van der Waals surface area contributed by atoms with Crippen LogP contribution >= 0.6 is 0 Å². The molecule has 1 aliphatic rings. The second kappa shape index (κ2) is 12.7. The van der Waals surface area contributed by atoms with Gasteiger partial charge in [0.1, 0.15) is 11.5 Å². The highest BCUT2D eigenvalue weighted by atomic mass is 16.7. The molecule has 0 aliphatic carbocycles. The predicted octanol–water partition coefficient (Wildman–Crippen LogP) is 5.79. The lowest BCUT2D eigenvalue weighted by molar-refractivity contribution is -0.111. The van der Waals surface area contributed by atoms with Crippen LogP contribution in [0, 0.1) is 0 Å². The molecule has 0 aromatic heterocycles. The molecular weight excluding hydrogens is 484 g/mol. The van der Waals surface area contributed by atoms with Crippen LogP contribution in [0.3, 0.4) is 0 Å². The zero-order valence-electron chi connectivity index (χ0n) is 21.5. The number of rotatable bonds is 11. The molecule has 1 heterocycles. The van der Waals surface area contributed by atoms with E-state index in [1.165, 1.54) is 0 Å². The molecule has 0 radical (unpaired) electrons. The Labute approximate surface area is 221 Å². The number of para-hydroxylation sites is 1. The van der Waals surface area contributed by atoms with E-state index < -0.39 is 17.8 Å². The molecular formula is C30H30N2O6. The lowest BCUT2D eigenvalue weighted by Gasteiger charge is -2.15. The Bertz CT molecular complexity index is 1320. The van der Waals surface area contributed by atoms with Gasteiger partial charge in [0, 0.05) is 11.1 Å². The normalized spacial score (nSPS) is 13.4. The Hall–Kier alpha value is -4.46. The number of hydrogen-bond donors (Lipinski definition) is 0. The van der Waals surface area contributed by atoms with Crippen LogP contribution in [0.1, 0.15) is 65.8 Å². The third-order valence-electron chi connectivity index (χ3n) is 5.95. The smallest absolute Gasteiger partial charge is 0.365 e. The van der Waals surface area contributed by atoms with Crippen LogP contribution in [-0.4, -0.2) is 36.7 Å². The van der Waals surface area contributed by atoms with Gasteiger partial charge in [-0.2, -0.15) is 0 Å². The van der Waals surface area contributed by atoms with Crippen LogP contribution in [-0.2, 0) is 9.63 Å². The number of ether oxygens (including phenoxy) is 2. The van der Waals surface area contributed by atoms with Crippen molar-refractivity contribution in [2.24, 2.45) is 5.16 Å². The van der Waals surface area contributed by atoms with Crippen LogP contribution < -0.4 is 14.4 Å². The first-order chi connectivity index (χ1) is 18.5. The minimum Gasteiger partial charge on any atom is -0.494 e. The summed E-state index contributed by atoms with van der Waals surface area (Å²) < 4.78 is 11.3. The SMILES string of the molecule is CCCCOc1ccc(C(=O)ON=C2C(=O)N(C(=O)c3ccc(OCCCC)cc3)c3ccccc32)cc1. The molecule has 8 nitrogen and oxygen atoms in total. The summed E-state index contributed by atoms with van der Waals surface area (Å²) in [6.45, 7) is 5.35. The van der Waals surface area contributed by atoms with E-state index in [0.29, 0.717) is 41.5 Å². The molecule has 4 rings (SSSR count). The fraction of sp³-hybridized carbons (Fsp3) is 0.267. The Morgan fingerprint density at radius 2 is 1.32 bits per heavy atom. The fourth-order valence-electron chi connectivity index (χ4n) is 3.81. The molecule has 0 N–H and O–H groups in total. The number of carbonyl (C=O) groups excluding carboxylic acids is 3. The maximum Gasteiger partial charge on any atom is 0.365 e. The Kier molecular flexibility index (Phi) is 8.87. The van der Waals surface area contributed by atoms with Gasteiger partial charge in [-0.15, -0.1) is 0 Å². The molecule has 0 spiro atoms. The number of amides is 2. The first-order valence-electron chi connectivity index (χ1n) is 12.8. The molecule has 8 heteroatoms. The summed E-state index contributed by atoms with van der Waals surface area (Å²) >= 11 is 0. The Morgan fingerprint density at radius 1 is 0.763 bits per heavy atom. The van der Waals surface area contributed by atoms with E-state index in [0.717, 1.165) is 30.6 Å². The summed E-state index contributed by atoms with van der Waals surface area (Å²) in [5.74, 6) is -0.621. The average molecular weight is 515 g/mol. The van der Waals surface area contributed by atoms with Crippen molar-refractivity contribution in [2.75, 3.05) is 18.1 Å². The van der Waals surface area contributed by atoms with Crippen molar-refractivity contribution in [1.82, 2.24) is 0 Å². The van der Waals surface area contributed by atoms with E-state index in [9.17, 15) is 14.4 Å². The quantitative estimate of drug-likeness (QED) is 0.139. The average Bonchev–Trinajstić information content (AvgIpc) is 3.23. The van der Waals surface area contributed by atoms with Crippen molar-refractivity contribution in [2.45, 2.75) is 39.5 Å². The van der Waals surface area contributed by atoms with E-state index in [1.54, 1.807) is 72.8 Å². The molecule has 3 aromatic rings. The number of hydrogen-bond acceptors (Lipinski definition) is 7. The second-order valence-electron chi connectivity index (χ2n) is 8.73. The van der Waals surface area contributed by atoms with Crippen molar-refractivity contribution in [3.05, 3.63) is 89.5 Å². The number of imide groups is 1. The first-order valence-corrected chi connectivity index (χ1v) is 12.8. The third-order valence-corrected chi connectivity index (χ3v) is 5.95. The van der Waals surface area contributed by atoms with Gasteiger partial charge in [0.2, 0.25) is 0 Å². The minimum atomic E-state index is -0.730. The van der Waals surface area contributed by atoms with Gasteiger partial charge in [0.15, 0.2) is 5.71 Å². The molecule has 0 fully saturated rings. The van der Waals surface area contributed by atoms with E-state index in [2.05, 4.69) is 19.0 Å². The summed E-state index contributed by atoms with van der Waals surface area (Å²) in [6.07, 6.45) is 3.92. The van der Waals surface area contributed by atoms with Gasteiger partial charge < -0.3 is 14.3 Å². The number of anilines is 1. The number of nitrogens with zero attached hydrogens (tertiary/aromatic N) is 2. The van der Waals surface area contributed by atoms with Crippen molar-refractivity contribution < 1.29 is 28.7 Å². The lowest BCUT2D eigenvalue weighted by Crippen LogP contribution is -2.36. The van der Waals surface area contributed by atoms with Crippen LogP contribution in [0.4, 0.5) is 5.69 Å². The predicted molar refractivity (Wildman–Crippen MR) is 144 cm³/mol. The van der Waals surface area contributed by atoms with Crippen molar-refractivity contribution in [1.29, 1.82) is 0 Å². The van der Waals surface area contributed by atoms with Gasteiger partial charge in [-0.3, -0.25) is 9.59 Å². The first kappa shape index (κ1) is 26.6. The Morgan fingerprint density at radius 3 is 1.89 bits per heavy atom. The van der Waals surface area contributed by atoms with Crippen LogP contribution in [0.2, 0.25) is 0 Å². The van der Waals surface area contributed by atoms with E-state index in [4.69, 9.17) is 14.3 Å². The highest BCUT2D eigenvalue weighted by Gasteiger charge is 2.39. The topological polar surface area (TPSA) is 94.5 Å². The molecule has 0 atom stereocenters. The minimum absolute atomic E-state index is 0.124. The number of carbonyl (C=O) groups is 3. The van der Waals surface area contributed by atoms with E-state index >= 15 is 0 Å². The zero-order chi connectivity index (χ0) is 26.9. The molecule has 0 saturated carbocycles. The maximum absolute atomic E-state index is 13.3. The highest BCUT2D eigenvalue weighted by molar-refractivity contribution is 6.58. The molecule has 3 aromatic carbocycles. The van der Waals surface area contributed by atoms with Gasteiger partial charge in [-0.1, -0.05) is 50.0 Å². The van der Waals surface area contributed by atoms with Crippen molar-refractivity contribution >= 4 is 29.2 Å². The summed E-state index contributed by atoms with van der Waals surface area (Å²) in [6, 6.07) is 19.9. The molecule has 0 unspecified atom stereocenters. The summed E-state index contributed by atoms with van der Waals surface area (Å²) in [5, 5.41) is 3.86. The lowest BCUT2D eigenvalue weighted by atomic mass is 10.1. The molecule has 2 amide bonds. The molecule has 196 valence electrons. The number of oxime groups is 1. The number of benzene rings is 3. The Balaban J connectivity index is 1.48. The van der Waals surface area contributed by atoms with Gasteiger partial charge >= 0.3 is 5.97 Å². The van der Waals surface area contributed by atoms with Crippen molar-refractivity contribution in [3.63, 3.8) is 0 Å². The molecule has 1 aliphatic heterocycles. The standard InChI is InChI=1S/C30H30N2O6/c1-3-5-19-36-23-15-11-21(12-16-23)28(33)32-26-10-8-7-9-25(26)27(29(32)34)31-38-30(35)22-13-17-24(18-14-22)37-20-6-4-2/h7-18H,3-6,19-20H2,1-2H3. The largest absolute Gasteiger partial charge is 0.494 e. The van der Waals surface area contributed by atoms with Gasteiger partial charge in [0.25, 0.3) is 11.8 Å². The summed E-state index contributed by atoms with van der Waals surface area (Å²) in [5.41, 5.74) is 1.22. The zero-order valence-corrected chi connectivity index (χ0v) is 21.5. The van der Waals surface area contributed by atoms with Gasteiger partial charge in [-0.05, 0) is 67.4 Å². The number of unbranched alkanes of at least 4 members (excludes halogenated alkanes) is 2. The summed E-state index contributed by atoms with van der Waals surface area (Å²) in [4.78, 5) is 45.3. The van der Waals surface area contributed by atoms with E-state index in [1.807, 2.05) is 0 Å². The highest BCUT2D eigenvalue weighted by Crippen LogP contribution is 2.31. The third kappa shape index (κ3) is 6.08. The maximum atomic E-state index is 13.3. The second-order valence-corrected chi connectivity index (χ2v) is 8.73. The van der Waals surface area contributed by atoms with Crippen LogP contribution in [0.25, 0.3) is 0 Å². The molecule has 38 heavy (non-hydrogen) atoms. The summed E-state index contributed by atoms with van der Waals surface area (Å²) in [7, 11) is 0. The van der Waals surface area contributed by atoms with Crippen molar-refractivity contribution in [3.8, 4) is 11.5 Å². The molecule has 0 saturated heterocycles. The monoisotopic (exact) mass is 514 g/mol. The fourth-order valence-corrected chi connectivity index (χ4v) is 3.81. The number of fused-ring (bicyclic) bond motifs is 1. The van der Waals surface area contributed by atoms with E-state index in [-0.39, 0.29) is 11.3 Å².